The predicted octanol–water partition coefficient (Wildman–Crippen LogP) is 0.521. The summed E-state index contributed by atoms with van der Waals surface area (Å²) >= 11 is 0. The molecule has 0 unspecified atom stereocenters. The predicted molar refractivity (Wildman–Crippen MR) is 30.4 cm³/mol. The van der Waals surface area contributed by atoms with Crippen molar-refractivity contribution in [3.63, 3.8) is 0 Å². The topological polar surface area (TPSA) is 26.3 Å². The van der Waals surface area contributed by atoms with Crippen molar-refractivity contribution in [1.29, 1.82) is 0 Å². The summed E-state index contributed by atoms with van der Waals surface area (Å²) in [6.45, 7) is 0. The van der Waals surface area contributed by atoms with E-state index in [1.54, 1.807) is 0 Å². The van der Waals surface area contributed by atoms with Crippen LogP contribution in [0.15, 0.2) is 0 Å². The van der Waals surface area contributed by atoms with Gasteiger partial charge in [-0.05, 0) is 0 Å². The first-order valence-electron chi connectivity index (χ1n) is 2.37. The van der Waals surface area contributed by atoms with Gasteiger partial charge in [-0.3, -0.25) is 0 Å². The molecule has 0 heterocycles. The molecule has 2 nitrogen and oxygen atoms in total. The Morgan fingerprint density at radius 2 is 2.56 bits per heavy atom. The minimum atomic E-state index is -1.67. The maximum absolute atomic E-state index is 12.2. The third-order valence-corrected chi connectivity index (χ3v) is 0.754. The van der Waals surface area contributed by atoms with Crippen molar-refractivity contribution in [2.45, 2.75) is 12.6 Å². The van der Waals surface area contributed by atoms with Crippen LogP contribution < -0.4 is 0 Å². The lowest BCUT2D eigenvalue weighted by Gasteiger charge is -1.98. The van der Waals surface area contributed by atoms with E-state index in [2.05, 4.69) is 4.74 Å². The summed E-state index contributed by atoms with van der Waals surface area (Å²) in [5.41, 5.74) is 0. The lowest BCUT2D eigenvalue weighted by atomic mass is 10.3. The van der Waals surface area contributed by atoms with E-state index in [0.29, 0.717) is 0 Å². The molecule has 0 aliphatic rings. The lowest BCUT2D eigenvalue weighted by Crippen LogP contribution is -2.15. The van der Waals surface area contributed by atoms with Crippen LogP contribution in [0.1, 0.15) is 6.42 Å². The van der Waals surface area contributed by atoms with Crippen LogP contribution in [0, 0.1) is 12.3 Å². The van der Waals surface area contributed by atoms with E-state index in [0.717, 1.165) is 7.11 Å². The summed E-state index contributed by atoms with van der Waals surface area (Å²) in [7, 11) is 1.12. The smallest absolute Gasteiger partial charge is 0.341 e. The van der Waals surface area contributed by atoms with E-state index in [1.165, 1.54) is 0 Å². The molecule has 3 heteroatoms. The molecule has 50 valence electrons. The second kappa shape index (κ2) is 3.90. The third kappa shape index (κ3) is 2.70. The Bertz CT molecular complexity index is 136. The van der Waals surface area contributed by atoms with Crippen molar-refractivity contribution in [2.75, 3.05) is 7.11 Å². The molecule has 0 saturated heterocycles. The molecule has 1 atom stereocenters. The highest BCUT2D eigenvalue weighted by Gasteiger charge is 2.14. The summed E-state index contributed by atoms with van der Waals surface area (Å²) in [5.74, 6) is 1.10. The number of ether oxygens (including phenoxy) is 1. The monoisotopic (exact) mass is 130 g/mol. The molecular weight excluding hydrogens is 123 g/mol. The number of methoxy groups -OCH3 is 1. The third-order valence-electron chi connectivity index (χ3n) is 0.754. The first-order valence-corrected chi connectivity index (χ1v) is 2.37. The fourth-order valence-corrected chi connectivity index (χ4v) is 0.315. The number of halogens is 1. The first kappa shape index (κ1) is 7.96. The van der Waals surface area contributed by atoms with Gasteiger partial charge in [0.25, 0.3) is 0 Å². The highest BCUT2D eigenvalue weighted by atomic mass is 19.1. The Morgan fingerprint density at radius 1 is 2.00 bits per heavy atom. The van der Waals surface area contributed by atoms with Crippen molar-refractivity contribution < 1.29 is 13.9 Å². The number of carbonyl (C=O) groups excluding carboxylic acids is 1. The average Bonchev–Trinajstić information content (AvgIpc) is 1.87. The van der Waals surface area contributed by atoms with Gasteiger partial charge in [0.2, 0.25) is 6.17 Å². The van der Waals surface area contributed by atoms with Crippen LogP contribution in [0.25, 0.3) is 0 Å². The molecule has 0 spiro atoms. The van der Waals surface area contributed by atoms with E-state index in [4.69, 9.17) is 6.42 Å². The van der Waals surface area contributed by atoms with Crippen LogP contribution in [0.3, 0.4) is 0 Å². The van der Waals surface area contributed by atoms with Crippen molar-refractivity contribution >= 4 is 5.97 Å². The second-order valence-electron chi connectivity index (χ2n) is 1.40. The zero-order valence-electron chi connectivity index (χ0n) is 5.06. The highest BCUT2D eigenvalue weighted by Crippen LogP contribution is 1.97. The van der Waals surface area contributed by atoms with Crippen LogP contribution in [0.5, 0.6) is 0 Å². The van der Waals surface area contributed by atoms with Crippen LogP contribution in [-0.2, 0) is 9.53 Å². The molecule has 0 aromatic heterocycles. The molecule has 0 aliphatic heterocycles. The highest BCUT2D eigenvalue weighted by molar-refractivity contribution is 5.74. The van der Waals surface area contributed by atoms with Crippen LogP contribution in [0.2, 0.25) is 0 Å². The zero-order valence-corrected chi connectivity index (χ0v) is 5.06. The number of alkyl halides is 1. The van der Waals surface area contributed by atoms with Gasteiger partial charge in [-0.2, -0.15) is 0 Å². The normalized spacial score (nSPS) is 11.7. The quantitative estimate of drug-likeness (QED) is 0.402. The van der Waals surface area contributed by atoms with Gasteiger partial charge < -0.3 is 4.74 Å². The number of rotatable bonds is 2. The average molecular weight is 130 g/mol. The molecule has 0 aromatic carbocycles. The van der Waals surface area contributed by atoms with Crippen molar-refractivity contribution in [3.8, 4) is 12.3 Å². The number of carbonyl (C=O) groups is 1. The molecule has 0 N–H and O–H groups in total. The molecule has 0 saturated carbocycles. The molecule has 0 fully saturated rings. The molecule has 0 amide bonds. The van der Waals surface area contributed by atoms with Gasteiger partial charge in [-0.1, -0.05) is 0 Å². The van der Waals surface area contributed by atoms with E-state index in [-0.39, 0.29) is 6.42 Å². The Morgan fingerprint density at radius 3 is 2.89 bits per heavy atom. The summed E-state index contributed by atoms with van der Waals surface area (Å²) in [5, 5.41) is 0. The van der Waals surface area contributed by atoms with E-state index >= 15 is 0 Å². The fourth-order valence-electron chi connectivity index (χ4n) is 0.315. The second-order valence-corrected chi connectivity index (χ2v) is 1.40. The molecular formula is C6H7FO2. The largest absolute Gasteiger partial charge is 0.467 e. The van der Waals surface area contributed by atoms with E-state index < -0.39 is 12.1 Å². The van der Waals surface area contributed by atoms with Gasteiger partial charge in [0.15, 0.2) is 0 Å². The summed E-state index contributed by atoms with van der Waals surface area (Å²) < 4.78 is 16.2. The van der Waals surface area contributed by atoms with Crippen LogP contribution in [-0.4, -0.2) is 19.3 Å². The minimum absolute atomic E-state index is 0.216. The number of hydrogen-bond donors (Lipinski definition) is 0. The summed E-state index contributed by atoms with van der Waals surface area (Å²) in [4.78, 5) is 10.2. The fraction of sp³-hybridized carbons (Fsp3) is 0.500. The van der Waals surface area contributed by atoms with Gasteiger partial charge in [0.05, 0.1) is 13.5 Å². The van der Waals surface area contributed by atoms with Crippen molar-refractivity contribution in [2.24, 2.45) is 0 Å². The Hall–Kier alpha value is -1.04. The van der Waals surface area contributed by atoms with Gasteiger partial charge in [0, 0.05) is 0 Å². The van der Waals surface area contributed by atoms with Gasteiger partial charge in [-0.15, -0.1) is 12.3 Å². The number of esters is 1. The van der Waals surface area contributed by atoms with E-state index in [9.17, 15) is 9.18 Å². The van der Waals surface area contributed by atoms with Crippen LogP contribution >= 0.6 is 0 Å². The molecule has 0 aliphatic carbocycles. The first-order chi connectivity index (χ1) is 4.22. The maximum Gasteiger partial charge on any atom is 0.341 e. The lowest BCUT2D eigenvalue weighted by molar-refractivity contribution is -0.146. The van der Waals surface area contributed by atoms with Crippen LogP contribution in [0.4, 0.5) is 4.39 Å². The van der Waals surface area contributed by atoms with Crippen molar-refractivity contribution in [3.05, 3.63) is 0 Å². The van der Waals surface area contributed by atoms with Crippen molar-refractivity contribution in [1.82, 2.24) is 0 Å². The molecule has 0 radical (unpaired) electrons. The number of hydrogen-bond acceptors (Lipinski definition) is 2. The standard InChI is InChI=1S/C6H7FO2/c1-3-4-5(7)6(8)9-2/h1,5H,4H2,2H3/t5-/m0/s1. The number of terminal acetylenes is 1. The minimum Gasteiger partial charge on any atom is -0.467 e. The summed E-state index contributed by atoms with van der Waals surface area (Å²) in [6, 6.07) is 0. The van der Waals surface area contributed by atoms with Gasteiger partial charge >= 0.3 is 5.97 Å². The van der Waals surface area contributed by atoms with Gasteiger partial charge in [0.1, 0.15) is 0 Å². The Labute approximate surface area is 53.0 Å². The Balaban J connectivity index is 3.62. The SMILES string of the molecule is C#CC[C@H](F)C(=O)OC. The zero-order chi connectivity index (χ0) is 7.28. The molecule has 9 heavy (non-hydrogen) atoms. The molecule has 0 rings (SSSR count). The van der Waals surface area contributed by atoms with E-state index in [1.807, 2.05) is 5.92 Å². The molecule has 0 bridgehead atoms. The molecule has 0 aromatic rings. The maximum atomic E-state index is 12.2. The Kier molecular flexibility index (Phi) is 3.45. The summed E-state index contributed by atoms with van der Waals surface area (Å²) in [6.07, 6.45) is 2.84. The van der Waals surface area contributed by atoms with Gasteiger partial charge in [-0.25, -0.2) is 9.18 Å².